The third-order valence-corrected chi connectivity index (χ3v) is 4.58. The van der Waals surface area contributed by atoms with Crippen molar-refractivity contribution < 1.29 is 13.2 Å². The van der Waals surface area contributed by atoms with E-state index >= 15 is 0 Å². The van der Waals surface area contributed by atoms with Crippen molar-refractivity contribution in [3.8, 4) is 0 Å². The molecule has 1 aromatic heterocycles. The van der Waals surface area contributed by atoms with Crippen LogP contribution in [-0.2, 0) is 14.6 Å². The molecule has 1 rings (SSSR count). The molecule has 1 radical (unpaired) electrons. The molecule has 99 valence electrons. The number of pyridine rings is 1. The predicted molar refractivity (Wildman–Crippen MR) is 68.4 cm³/mol. The molecule has 0 atom stereocenters. The highest BCUT2D eigenvalue weighted by atomic mass is 32.2. The van der Waals surface area contributed by atoms with E-state index in [1.165, 1.54) is 6.20 Å². The first-order chi connectivity index (χ1) is 8.34. The standard InChI is InChI=1S/C12H17N2O3S/c1-9(2)18(16,17)11-6-10(7-14-8-11)4-3-5-12(13)15/h4,6-9H,3,5H2,1-2H3,(H2,13,15). The van der Waals surface area contributed by atoms with Gasteiger partial charge in [-0.25, -0.2) is 8.42 Å². The third-order valence-electron chi connectivity index (χ3n) is 2.45. The third kappa shape index (κ3) is 3.80. The minimum Gasteiger partial charge on any atom is -0.370 e. The molecule has 0 spiro atoms. The summed E-state index contributed by atoms with van der Waals surface area (Å²) in [5, 5.41) is -0.486. The number of rotatable bonds is 6. The number of carbonyl (C=O) groups is 1. The lowest BCUT2D eigenvalue weighted by Crippen LogP contribution is -2.14. The van der Waals surface area contributed by atoms with Crippen LogP contribution in [0, 0.1) is 6.42 Å². The molecule has 1 amide bonds. The van der Waals surface area contributed by atoms with Crippen LogP contribution >= 0.6 is 0 Å². The van der Waals surface area contributed by atoms with Crippen molar-refractivity contribution in [3.63, 3.8) is 0 Å². The molecule has 0 unspecified atom stereocenters. The van der Waals surface area contributed by atoms with E-state index in [4.69, 9.17) is 5.73 Å². The Balaban J connectivity index is 2.83. The van der Waals surface area contributed by atoms with Gasteiger partial charge in [0.2, 0.25) is 5.91 Å². The maximum Gasteiger partial charge on any atom is 0.217 e. The minimum absolute atomic E-state index is 0.199. The summed E-state index contributed by atoms with van der Waals surface area (Å²) >= 11 is 0. The molecule has 0 saturated heterocycles. The second-order valence-corrected chi connectivity index (χ2v) is 6.76. The molecule has 0 aliphatic heterocycles. The lowest BCUT2D eigenvalue weighted by Gasteiger charge is -2.08. The van der Waals surface area contributed by atoms with Crippen molar-refractivity contribution in [1.29, 1.82) is 0 Å². The van der Waals surface area contributed by atoms with Gasteiger partial charge in [-0.05, 0) is 38.3 Å². The zero-order valence-corrected chi connectivity index (χ0v) is 11.3. The number of hydrogen-bond donors (Lipinski definition) is 1. The lowest BCUT2D eigenvalue weighted by molar-refractivity contribution is -0.117. The highest BCUT2D eigenvalue weighted by molar-refractivity contribution is 7.92. The maximum atomic E-state index is 11.9. The van der Waals surface area contributed by atoms with Crippen LogP contribution in [0.15, 0.2) is 23.4 Å². The van der Waals surface area contributed by atoms with E-state index in [1.54, 1.807) is 32.5 Å². The van der Waals surface area contributed by atoms with Crippen LogP contribution in [0.4, 0.5) is 0 Å². The van der Waals surface area contributed by atoms with Gasteiger partial charge < -0.3 is 5.73 Å². The van der Waals surface area contributed by atoms with Crippen LogP contribution in [0.5, 0.6) is 0 Å². The average Bonchev–Trinajstić information content (AvgIpc) is 2.28. The Morgan fingerprint density at radius 2 is 2.11 bits per heavy atom. The van der Waals surface area contributed by atoms with E-state index in [2.05, 4.69) is 4.98 Å². The Labute approximate surface area is 107 Å². The van der Waals surface area contributed by atoms with Crippen molar-refractivity contribution in [1.82, 2.24) is 4.98 Å². The van der Waals surface area contributed by atoms with Crippen LogP contribution in [0.1, 0.15) is 32.3 Å². The van der Waals surface area contributed by atoms with Gasteiger partial charge in [0.25, 0.3) is 0 Å². The first-order valence-electron chi connectivity index (χ1n) is 5.64. The highest BCUT2D eigenvalue weighted by Gasteiger charge is 2.19. The number of nitrogens with zero attached hydrogens (tertiary/aromatic N) is 1. The molecule has 2 N–H and O–H groups in total. The largest absolute Gasteiger partial charge is 0.370 e. The number of amides is 1. The summed E-state index contributed by atoms with van der Waals surface area (Å²) in [7, 11) is -3.31. The van der Waals surface area contributed by atoms with E-state index in [1.807, 2.05) is 0 Å². The second-order valence-electron chi connectivity index (χ2n) is 4.26. The summed E-state index contributed by atoms with van der Waals surface area (Å²) in [6, 6.07) is 1.56. The monoisotopic (exact) mass is 269 g/mol. The Hall–Kier alpha value is -1.43. The molecule has 5 nitrogen and oxygen atoms in total. The van der Waals surface area contributed by atoms with Crippen LogP contribution in [0.25, 0.3) is 0 Å². The molecule has 0 aromatic carbocycles. The minimum atomic E-state index is -3.31. The summed E-state index contributed by atoms with van der Waals surface area (Å²) in [6.07, 6.45) is 5.35. The van der Waals surface area contributed by atoms with Crippen molar-refractivity contribution >= 4 is 15.7 Å². The Morgan fingerprint density at radius 1 is 1.44 bits per heavy atom. The van der Waals surface area contributed by atoms with Crippen LogP contribution in [-0.4, -0.2) is 24.6 Å². The first kappa shape index (κ1) is 14.6. The number of nitrogens with two attached hydrogens (primary N) is 1. The van der Waals surface area contributed by atoms with E-state index in [0.29, 0.717) is 12.0 Å². The number of aromatic nitrogens is 1. The smallest absolute Gasteiger partial charge is 0.217 e. The zero-order chi connectivity index (χ0) is 13.8. The average molecular weight is 269 g/mol. The summed E-state index contributed by atoms with van der Waals surface area (Å²) in [5.41, 5.74) is 5.70. The fourth-order valence-electron chi connectivity index (χ4n) is 1.36. The summed E-state index contributed by atoms with van der Waals surface area (Å²) in [6.45, 7) is 3.25. The van der Waals surface area contributed by atoms with E-state index < -0.39 is 15.1 Å². The maximum absolute atomic E-state index is 11.9. The van der Waals surface area contributed by atoms with Crippen LogP contribution < -0.4 is 5.73 Å². The van der Waals surface area contributed by atoms with Gasteiger partial charge in [0, 0.05) is 18.8 Å². The molecule has 1 heterocycles. The van der Waals surface area contributed by atoms with Gasteiger partial charge in [-0.1, -0.05) is 0 Å². The molecule has 18 heavy (non-hydrogen) atoms. The van der Waals surface area contributed by atoms with Gasteiger partial charge >= 0.3 is 0 Å². The van der Waals surface area contributed by atoms with Gasteiger partial charge in [-0.2, -0.15) is 0 Å². The van der Waals surface area contributed by atoms with Crippen molar-refractivity contribution in [3.05, 3.63) is 30.4 Å². The van der Waals surface area contributed by atoms with Crippen LogP contribution in [0.2, 0.25) is 0 Å². The molecule has 0 fully saturated rings. The van der Waals surface area contributed by atoms with Gasteiger partial charge in [0.05, 0.1) is 10.1 Å². The Bertz CT molecular complexity index is 524. The topological polar surface area (TPSA) is 90.1 Å². The molecule has 0 aliphatic carbocycles. The number of hydrogen-bond acceptors (Lipinski definition) is 4. The highest BCUT2D eigenvalue weighted by Crippen LogP contribution is 2.17. The van der Waals surface area contributed by atoms with Crippen molar-refractivity contribution in [2.24, 2.45) is 5.73 Å². The van der Waals surface area contributed by atoms with Crippen molar-refractivity contribution in [2.45, 2.75) is 36.8 Å². The van der Waals surface area contributed by atoms with E-state index in [-0.39, 0.29) is 17.2 Å². The molecule has 6 heteroatoms. The molecule has 1 aromatic rings. The Kier molecular flexibility index (Phi) is 4.84. The Morgan fingerprint density at radius 3 is 2.67 bits per heavy atom. The van der Waals surface area contributed by atoms with E-state index in [0.717, 1.165) is 0 Å². The summed E-state index contributed by atoms with van der Waals surface area (Å²) < 4.78 is 23.9. The summed E-state index contributed by atoms with van der Waals surface area (Å²) in [4.78, 5) is 14.7. The molecule has 0 aliphatic rings. The second kappa shape index (κ2) is 5.95. The SMILES string of the molecule is CC(C)S(=O)(=O)c1cncc([CH]CCC(N)=O)c1. The fourth-order valence-corrected chi connectivity index (χ4v) is 2.41. The first-order valence-corrected chi connectivity index (χ1v) is 7.19. The number of primary amides is 1. The quantitative estimate of drug-likeness (QED) is 0.836. The van der Waals surface area contributed by atoms with Gasteiger partial charge in [-0.3, -0.25) is 9.78 Å². The summed E-state index contributed by atoms with van der Waals surface area (Å²) in [5.74, 6) is -0.384. The lowest BCUT2D eigenvalue weighted by atomic mass is 10.1. The van der Waals surface area contributed by atoms with Crippen molar-refractivity contribution in [2.75, 3.05) is 0 Å². The molecular formula is C12H17N2O3S. The molecule has 0 saturated carbocycles. The van der Waals surface area contributed by atoms with Gasteiger partial charge in [-0.15, -0.1) is 0 Å². The van der Waals surface area contributed by atoms with E-state index in [9.17, 15) is 13.2 Å². The van der Waals surface area contributed by atoms with Gasteiger partial charge in [0.15, 0.2) is 9.84 Å². The van der Waals surface area contributed by atoms with Crippen LogP contribution in [0.3, 0.4) is 0 Å². The molecule has 0 bridgehead atoms. The predicted octanol–water partition coefficient (Wildman–Crippen LogP) is 1.08. The van der Waals surface area contributed by atoms with Gasteiger partial charge in [0.1, 0.15) is 0 Å². The number of carbonyl (C=O) groups excluding carboxylic acids is 1. The number of sulfone groups is 1. The fraction of sp³-hybridized carbons (Fsp3) is 0.417. The normalized spacial score (nSPS) is 11.7. The molecular weight excluding hydrogens is 252 g/mol. The zero-order valence-electron chi connectivity index (χ0n) is 10.5.